The van der Waals surface area contributed by atoms with Crippen molar-refractivity contribution in [1.29, 1.82) is 0 Å². The van der Waals surface area contributed by atoms with Crippen LogP contribution in [-0.4, -0.2) is 48.1 Å². The van der Waals surface area contributed by atoms with Gasteiger partial charge >= 0.3 is 5.97 Å². The van der Waals surface area contributed by atoms with Gasteiger partial charge in [0.1, 0.15) is 0 Å². The van der Waals surface area contributed by atoms with E-state index in [9.17, 15) is 9.59 Å². The summed E-state index contributed by atoms with van der Waals surface area (Å²) < 4.78 is 6.03. The summed E-state index contributed by atoms with van der Waals surface area (Å²) in [5, 5.41) is 3.09. The largest absolute Gasteiger partial charge is 0.462 e. The van der Waals surface area contributed by atoms with E-state index in [0.717, 1.165) is 56.2 Å². The van der Waals surface area contributed by atoms with Crippen LogP contribution in [0.2, 0.25) is 0 Å². The third kappa shape index (κ3) is 3.18. The number of likely N-dealkylation sites (N-methyl/N-ethyl adjacent to an activating group) is 1. The van der Waals surface area contributed by atoms with Crippen LogP contribution in [-0.2, 0) is 9.53 Å². The van der Waals surface area contributed by atoms with E-state index in [4.69, 9.17) is 11.3 Å². The molecule has 1 aliphatic heterocycles. The molecule has 6 heteroatoms. The van der Waals surface area contributed by atoms with E-state index >= 15 is 0 Å². The van der Waals surface area contributed by atoms with E-state index in [0.29, 0.717) is 16.9 Å². The SMILES string of the molecule is [C-]#[N+]c1cc(C)c(NC(=O)C2([N+]3(CC)CCCC3)CCC2)c(C(=O)OCC)c1. The smallest absolute Gasteiger partial charge is 0.338 e. The molecular formula is C22H30N3O3+. The van der Waals surface area contributed by atoms with E-state index in [1.165, 1.54) is 6.07 Å². The number of hydrogen-bond donors (Lipinski definition) is 1. The molecule has 1 heterocycles. The standard InChI is InChI=1S/C22H29N3O3/c1-5-25(12-7-8-13-25)22(10-9-11-22)21(27)24-19-16(3)14-17(23-4)15-18(19)20(26)28-6-2/h14-15H,5-13H2,1-3H3/p+1. The zero-order chi connectivity index (χ0) is 20.4. The summed E-state index contributed by atoms with van der Waals surface area (Å²) in [4.78, 5) is 29.5. The summed E-state index contributed by atoms with van der Waals surface area (Å²) in [5.41, 5.74) is 1.43. The van der Waals surface area contributed by atoms with Crippen molar-refractivity contribution in [3.63, 3.8) is 0 Å². The lowest BCUT2D eigenvalue weighted by Crippen LogP contribution is -2.71. The molecule has 1 N–H and O–H groups in total. The van der Waals surface area contributed by atoms with Crippen molar-refractivity contribution in [2.45, 2.75) is 58.4 Å². The molecule has 1 amide bonds. The number of quaternary nitrogens is 1. The van der Waals surface area contributed by atoms with Gasteiger partial charge in [-0.1, -0.05) is 6.07 Å². The van der Waals surface area contributed by atoms with Gasteiger partial charge in [-0.25, -0.2) is 9.64 Å². The van der Waals surface area contributed by atoms with Crippen molar-refractivity contribution in [3.05, 3.63) is 34.7 Å². The molecule has 0 spiro atoms. The Morgan fingerprint density at radius 3 is 2.39 bits per heavy atom. The van der Waals surface area contributed by atoms with Crippen LogP contribution in [0.4, 0.5) is 11.4 Å². The van der Waals surface area contributed by atoms with Crippen molar-refractivity contribution in [1.82, 2.24) is 0 Å². The van der Waals surface area contributed by atoms with E-state index in [-0.39, 0.29) is 18.1 Å². The van der Waals surface area contributed by atoms with Gasteiger partial charge in [-0.15, -0.1) is 0 Å². The van der Waals surface area contributed by atoms with Gasteiger partial charge in [-0.3, -0.25) is 4.79 Å². The van der Waals surface area contributed by atoms with Gasteiger partial charge in [0.15, 0.2) is 11.2 Å². The molecule has 1 saturated carbocycles. The van der Waals surface area contributed by atoms with E-state index < -0.39 is 11.5 Å². The minimum Gasteiger partial charge on any atom is -0.462 e. The Balaban J connectivity index is 1.97. The molecule has 0 bridgehead atoms. The van der Waals surface area contributed by atoms with Crippen LogP contribution >= 0.6 is 0 Å². The van der Waals surface area contributed by atoms with Gasteiger partial charge in [0.25, 0.3) is 5.91 Å². The maximum absolute atomic E-state index is 13.6. The lowest BCUT2D eigenvalue weighted by Gasteiger charge is -2.54. The summed E-state index contributed by atoms with van der Waals surface area (Å²) in [6, 6.07) is 3.22. The second-order valence-corrected chi connectivity index (χ2v) is 7.97. The summed E-state index contributed by atoms with van der Waals surface area (Å²) in [5.74, 6) is -0.499. The summed E-state index contributed by atoms with van der Waals surface area (Å²) >= 11 is 0. The fourth-order valence-corrected chi connectivity index (χ4v) is 5.01. The molecule has 0 atom stereocenters. The summed E-state index contributed by atoms with van der Waals surface area (Å²) in [6.45, 7) is 16.3. The minimum atomic E-state index is -0.505. The Hall–Kier alpha value is -2.39. The van der Waals surface area contributed by atoms with Gasteiger partial charge in [0, 0.05) is 25.7 Å². The van der Waals surface area contributed by atoms with Crippen molar-refractivity contribution < 1.29 is 18.8 Å². The van der Waals surface area contributed by atoms with Crippen LogP contribution in [0.1, 0.15) is 61.9 Å². The number of likely N-dealkylation sites (tertiary alicyclic amines) is 1. The van der Waals surface area contributed by atoms with Crippen LogP contribution in [0, 0.1) is 13.5 Å². The second kappa shape index (κ2) is 7.92. The first-order chi connectivity index (χ1) is 13.4. The summed E-state index contributed by atoms with van der Waals surface area (Å²) in [6.07, 6.45) is 5.17. The maximum Gasteiger partial charge on any atom is 0.338 e. The van der Waals surface area contributed by atoms with Gasteiger partial charge in [0.2, 0.25) is 0 Å². The summed E-state index contributed by atoms with van der Waals surface area (Å²) in [7, 11) is 0. The van der Waals surface area contributed by atoms with Crippen molar-refractivity contribution in [3.8, 4) is 0 Å². The predicted octanol–water partition coefficient (Wildman–Crippen LogP) is 4.21. The van der Waals surface area contributed by atoms with Crippen LogP contribution in [0.3, 0.4) is 0 Å². The highest BCUT2D eigenvalue weighted by Crippen LogP contribution is 2.46. The monoisotopic (exact) mass is 384 g/mol. The second-order valence-electron chi connectivity index (χ2n) is 7.97. The zero-order valence-electron chi connectivity index (χ0n) is 17.1. The fourth-order valence-electron chi connectivity index (χ4n) is 5.01. The third-order valence-corrected chi connectivity index (χ3v) is 6.72. The van der Waals surface area contributed by atoms with Gasteiger partial charge < -0.3 is 14.5 Å². The minimum absolute atomic E-state index is 0.00621. The van der Waals surface area contributed by atoms with Gasteiger partial charge in [-0.05, 0) is 38.8 Å². The molecule has 1 aliphatic carbocycles. The Kier molecular flexibility index (Phi) is 5.76. The topological polar surface area (TPSA) is 59.8 Å². The molecule has 3 rings (SSSR count). The Morgan fingerprint density at radius 1 is 1.21 bits per heavy atom. The average molecular weight is 385 g/mol. The Morgan fingerprint density at radius 2 is 1.89 bits per heavy atom. The predicted molar refractivity (Wildman–Crippen MR) is 108 cm³/mol. The number of esters is 1. The van der Waals surface area contributed by atoms with E-state index in [2.05, 4.69) is 17.1 Å². The lowest BCUT2D eigenvalue weighted by molar-refractivity contribution is -0.960. The van der Waals surface area contributed by atoms with E-state index in [1.807, 2.05) is 6.92 Å². The van der Waals surface area contributed by atoms with Crippen LogP contribution in [0.25, 0.3) is 4.85 Å². The van der Waals surface area contributed by atoms with Gasteiger partial charge in [0.05, 0.1) is 44.1 Å². The molecule has 2 fully saturated rings. The highest BCUT2D eigenvalue weighted by molar-refractivity contribution is 6.05. The molecule has 28 heavy (non-hydrogen) atoms. The number of nitrogens with one attached hydrogen (secondary N) is 1. The molecule has 150 valence electrons. The van der Waals surface area contributed by atoms with Crippen molar-refractivity contribution in [2.75, 3.05) is 31.6 Å². The lowest BCUT2D eigenvalue weighted by atomic mass is 9.72. The average Bonchev–Trinajstić information content (AvgIpc) is 3.12. The number of benzene rings is 1. The molecule has 0 aromatic heterocycles. The van der Waals surface area contributed by atoms with E-state index in [1.54, 1.807) is 13.0 Å². The first-order valence-electron chi connectivity index (χ1n) is 10.3. The van der Waals surface area contributed by atoms with Gasteiger partial charge in [-0.2, -0.15) is 0 Å². The van der Waals surface area contributed by atoms with Crippen molar-refractivity contribution >= 4 is 23.3 Å². The molecular weight excluding hydrogens is 354 g/mol. The normalized spacial score (nSPS) is 19.4. The number of rotatable bonds is 6. The molecule has 0 radical (unpaired) electrons. The van der Waals surface area contributed by atoms with Crippen LogP contribution in [0.5, 0.6) is 0 Å². The quantitative estimate of drug-likeness (QED) is 0.454. The number of carbonyl (C=O) groups is 2. The Labute approximate surface area is 167 Å². The zero-order valence-corrected chi connectivity index (χ0v) is 17.1. The van der Waals surface area contributed by atoms with Crippen LogP contribution in [0.15, 0.2) is 12.1 Å². The maximum atomic E-state index is 13.6. The molecule has 6 nitrogen and oxygen atoms in total. The number of carbonyl (C=O) groups excluding carboxylic acids is 2. The fraction of sp³-hybridized carbons (Fsp3) is 0.591. The molecule has 1 saturated heterocycles. The Bertz CT molecular complexity index is 815. The molecule has 0 unspecified atom stereocenters. The van der Waals surface area contributed by atoms with Crippen LogP contribution < -0.4 is 5.32 Å². The third-order valence-electron chi connectivity index (χ3n) is 6.72. The highest BCUT2D eigenvalue weighted by Gasteiger charge is 2.60. The highest BCUT2D eigenvalue weighted by atomic mass is 16.5. The number of hydrogen-bond acceptors (Lipinski definition) is 3. The number of anilines is 1. The number of aryl methyl sites for hydroxylation is 1. The first kappa shape index (κ1) is 20.3. The first-order valence-corrected chi connectivity index (χ1v) is 10.3. The number of ether oxygens (including phenoxy) is 1. The molecule has 1 aromatic carbocycles. The number of amides is 1. The molecule has 2 aliphatic rings. The van der Waals surface area contributed by atoms with Crippen molar-refractivity contribution in [2.24, 2.45) is 0 Å². The molecule has 1 aromatic rings. The number of nitrogens with zero attached hydrogens (tertiary/aromatic N) is 2.